The van der Waals surface area contributed by atoms with E-state index in [4.69, 9.17) is 14.5 Å². The van der Waals surface area contributed by atoms with E-state index in [9.17, 15) is 4.79 Å². The molecule has 0 radical (unpaired) electrons. The topological polar surface area (TPSA) is 51.7 Å². The van der Waals surface area contributed by atoms with Crippen molar-refractivity contribution in [3.8, 4) is 5.75 Å². The van der Waals surface area contributed by atoms with Crippen molar-refractivity contribution in [1.82, 2.24) is 4.98 Å². The van der Waals surface area contributed by atoms with E-state index in [1.165, 1.54) is 11.3 Å². The molecule has 0 saturated carbocycles. The lowest BCUT2D eigenvalue weighted by molar-refractivity contribution is -0.125. The number of nitrogens with zero attached hydrogens (tertiary/aromatic N) is 2. The standard InChI is InChI=1S/C22H24N2O3S/c1-15-7-5-8-17(13-15)27-16(2)21(25)24(14-18-9-6-12-26-18)22-23-19-10-3-4-11-20(19)28-22/h3-5,7-8,10-11,13,16,18H,6,9,12,14H2,1-2H3/t16-,18-/m1/s1. The summed E-state index contributed by atoms with van der Waals surface area (Å²) >= 11 is 1.53. The maximum Gasteiger partial charge on any atom is 0.269 e. The molecule has 0 spiro atoms. The largest absolute Gasteiger partial charge is 0.481 e. The fourth-order valence-electron chi connectivity index (χ4n) is 3.39. The zero-order valence-corrected chi connectivity index (χ0v) is 16.9. The van der Waals surface area contributed by atoms with E-state index in [2.05, 4.69) is 0 Å². The van der Waals surface area contributed by atoms with Gasteiger partial charge < -0.3 is 9.47 Å². The van der Waals surface area contributed by atoms with Gasteiger partial charge >= 0.3 is 0 Å². The first kappa shape index (κ1) is 18.9. The highest BCUT2D eigenvalue weighted by molar-refractivity contribution is 7.22. The van der Waals surface area contributed by atoms with Gasteiger partial charge in [-0.15, -0.1) is 0 Å². The van der Waals surface area contributed by atoms with Gasteiger partial charge in [0.15, 0.2) is 11.2 Å². The number of rotatable bonds is 6. The summed E-state index contributed by atoms with van der Waals surface area (Å²) in [5, 5.41) is 0.696. The van der Waals surface area contributed by atoms with Crippen LogP contribution in [0.3, 0.4) is 0 Å². The molecule has 3 aromatic rings. The minimum atomic E-state index is -0.616. The Balaban J connectivity index is 1.58. The molecule has 0 unspecified atom stereocenters. The van der Waals surface area contributed by atoms with Crippen molar-refractivity contribution in [3.63, 3.8) is 0 Å². The average molecular weight is 397 g/mol. The number of aromatic nitrogens is 1. The van der Waals surface area contributed by atoms with E-state index < -0.39 is 6.10 Å². The van der Waals surface area contributed by atoms with Crippen LogP contribution < -0.4 is 9.64 Å². The first-order valence-electron chi connectivity index (χ1n) is 9.62. The molecule has 0 N–H and O–H groups in total. The molecule has 0 aliphatic carbocycles. The molecule has 1 amide bonds. The third-order valence-electron chi connectivity index (χ3n) is 4.84. The lowest BCUT2D eigenvalue weighted by Crippen LogP contribution is -2.44. The van der Waals surface area contributed by atoms with Gasteiger partial charge in [0.25, 0.3) is 5.91 Å². The molecule has 1 aliphatic rings. The van der Waals surface area contributed by atoms with E-state index >= 15 is 0 Å². The van der Waals surface area contributed by atoms with Gasteiger partial charge in [-0.05, 0) is 56.5 Å². The molecule has 1 aromatic heterocycles. The summed E-state index contributed by atoms with van der Waals surface area (Å²) in [6.45, 7) is 5.05. The number of para-hydroxylation sites is 1. The van der Waals surface area contributed by atoms with Crippen LogP contribution in [0, 0.1) is 6.92 Å². The fourth-order valence-corrected chi connectivity index (χ4v) is 4.37. The molecule has 2 atom stereocenters. The van der Waals surface area contributed by atoms with Crippen molar-refractivity contribution < 1.29 is 14.3 Å². The van der Waals surface area contributed by atoms with Gasteiger partial charge in [-0.25, -0.2) is 4.98 Å². The molecule has 1 aliphatic heterocycles. The van der Waals surface area contributed by atoms with Crippen LogP contribution in [-0.2, 0) is 9.53 Å². The molecular weight excluding hydrogens is 372 g/mol. The molecule has 1 fully saturated rings. The maximum atomic E-state index is 13.3. The van der Waals surface area contributed by atoms with Crippen LogP contribution in [0.1, 0.15) is 25.3 Å². The third kappa shape index (κ3) is 4.18. The smallest absolute Gasteiger partial charge is 0.269 e. The van der Waals surface area contributed by atoms with Crippen molar-refractivity contribution in [2.75, 3.05) is 18.1 Å². The molecule has 1 saturated heterocycles. The maximum absolute atomic E-state index is 13.3. The van der Waals surface area contributed by atoms with E-state index in [0.717, 1.165) is 35.2 Å². The predicted octanol–water partition coefficient (Wildman–Crippen LogP) is 4.58. The quantitative estimate of drug-likeness (QED) is 0.612. The van der Waals surface area contributed by atoms with Crippen molar-refractivity contribution >= 4 is 32.6 Å². The number of fused-ring (bicyclic) bond motifs is 1. The van der Waals surface area contributed by atoms with Gasteiger partial charge in [0.2, 0.25) is 0 Å². The lowest BCUT2D eigenvalue weighted by Gasteiger charge is -2.26. The summed E-state index contributed by atoms with van der Waals surface area (Å²) in [6.07, 6.45) is 1.42. The second-order valence-corrected chi connectivity index (χ2v) is 8.13. The molecular formula is C22H24N2O3S. The molecule has 28 heavy (non-hydrogen) atoms. The van der Waals surface area contributed by atoms with Gasteiger partial charge in [0, 0.05) is 6.61 Å². The number of thiazole rings is 1. The molecule has 4 rings (SSSR count). The Bertz CT molecular complexity index is 932. The number of benzene rings is 2. The summed E-state index contributed by atoms with van der Waals surface area (Å²) in [7, 11) is 0. The molecule has 2 aromatic carbocycles. The summed E-state index contributed by atoms with van der Waals surface area (Å²) in [5.41, 5.74) is 2.00. The van der Waals surface area contributed by atoms with E-state index in [1.807, 2.05) is 55.5 Å². The summed E-state index contributed by atoms with van der Waals surface area (Å²) in [4.78, 5) is 19.7. The number of carbonyl (C=O) groups is 1. The van der Waals surface area contributed by atoms with Crippen molar-refractivity contribution in [2.24, 2.45) is 0 Å². The summed E-state index contributed by atoms with van der Waals surface area (Å²) in [6, 6.07) is 15.7. The summed E-state index contributed by atoms with van der Waals surface area (Å²) in [5.74, 6) is 0.596. The highest BCUT2D eigenvalue weighted by Gasteiger charge is 2.30. The monoisotopic (exact) mass is 396 g/mol. The normalized spacial score (nSPS) is 17.6. The number of hydrogen-bond donors (Lipinski definition) is 0. The summed E-state index contributed by atoms with van der Waals surface area (Å²) < 4.78 is 12.8. The first-order chi connectivity index (χ1) is 13.6. The Morgan fingerprint density at radius 2 is 2.18 bits per heavy atom. The Morgan fingerprint density at radius 3 is 2.93 bits per heavy atom. The molecule has 2 heterocycles. The van der Waals surface area contributed by atoms with Crippen LogP contribution >= 0.6 is 11.3 Å². The van der Waals surface area contributed by atoms with E-state index in [0.29, 0.717) is 17.4 Å². The van der Waals surface area contributed by atoms with Crippen molar-refractivity contribution in [3.05, 3.63) is 54.1 Å². The van der Waals surface area contributed by atoms with Crippen LogP contribution in [0.4, 0.5) is 5.13 Å². The van der Waals surface area contributed by atoms with Crippen LogP contribution in [0.25, 0.3) is 10.2 Å². The fraction of sp³-hybridized carbons (Fsp3) is 0.364. The number of carbonyl (C=O) groups excluding carboxylic acids is 1. The van der Waals surface area contributed by atoms with Crippen LogP contribution in [-0.4, -0.2) is 36.3 Å². The Kier molecular flexibility index (Phi) is 5.59. The van der Waals surface area contributed by atoms with Gasteiger partial charge in [0.05, 0.1) is 22.9 Å². The van der Waals surface area contributed by atoms with Crippen LogP contribution in [0.15, 0.2) is 48.5 Å². The first-order valence-corrected chi connectivity index (χ1v) is 10.4. The predicted molar refractivity (Wildman–Crippen MR) is 112 cm³/mol. The second-order valence-electron chi connectivity index (χ2n) is 7.12. The average Bonchev–Trinajstić information content (AvgIpc) is 3.34. The number of anilines is 1. The Labute approximate surface area is 168 Å². The number of aryl methyl sites for hydroxylation is 1. The molecule has 5 nitrogen and oxygen atoms in total. The Morgan fingerprint density at radius 1 is 1.32 bits per heavy atom. The number of hydrogen-bond acceptors (Lipinski definition) is 5. The third-order valence-corrected chi connectivity index (χ3v) is 5.90. The molecule has 146 valence electrons. The highest BCUT2D eigenvalue weighted by Crippen LogP contribution is 2.30. The van der Waals surface area contributed by atoms with Gasteiger partial charge in [0.1, 0.15) is 5.75 Å². The molecule has 0 bridgehead atoms. The van der Waals surface area contributed by atoms with Gasteiger partial charge in [-0.3, -0.25) is 9.69 Å². The van der Waals surface area contributed by atoms with Crippen LogP contribution in [0.5, 0.6) is 5.75 Å². The minimum Gasteiger partial charge on any atom is -0.481 e. The number of amides is 1. The second kappa shape index (κ2) is 8.29. The lowest BCUT2D eigenvalue weighted by atomic mass is 10.2. The van der Waals surface area contributed by atoms with E-state index in [-0.39, 0.29) is 12.0 Å². The van der Waals surface area contributed by atoms with Gasteiger partial charge in [-0.2, -0.15) is 0 Å². The van der Waals surface area contributed by atoms with E-state index in [1.54, 1.807) is 11.8 Å². The minimum absolute atomic E-state index is 0.0436. The number of ether oxygens (including phenoxy) is 2. The molecule has 6 heteroatoms. The van der Waals surface area contributed by atoms with Crippen molar-refractivity contribution in [1.29, 1.82) is 0 Å². The van der Waals surface area contributed by atoms with Crippen LogP contribution in [0.2, 0.25) is 0 Å². The zero-order valence-electron chi connectivity index (χ0n) is 16.1. The SMILES string of the molecule is Cc1cccc(O[C@H](C)C(=O)N(C[C@H]2CCCO2)c2nc3ccccc3s2)c1. The Hall–Kier alpha value is -2.44. The zero-order chi connectivity index (χ0) is 19.5. The van der Waals surface area contributed by atoms with Gasteiger partial charge in [-0.1, -0.05) is 35.6 Å². The van der Waals surface area contributed by atoms with Crippen molar-refractivity contribution in [2.45, 2.75) is 38.9 Å². The highest BCUT2D eigenvalue weighted by atomic mass is 32.1.